The number of nitrogens with one attached hydrogen (secondary N) is 1. The van der Waals surface area contributed by atoms with E-state index in [1.807, 2.05) is 12.1 Å². The van der Waals surface area contributed by atoms with Crippen molar-refractivity contribution in [2.75, 3.05) is 0 Å². The minimum atomic E-state index is 0.755. The van der Waals surface area contributed by atoms with Crippen LogP contribution in [0.1, 0.15) is 5.56 Å². The zero-order valence-corrected chi connectivity index (χ0v) is 15.7. The number of halogens is 1. The highest BCUT2D eigenvalue weighted by atomic mass is 35.5. The normalized spacial score (nSPS) is 11.3. The lowest BCUT2D eigenvalue weighted by Crippen LogP contribution is -1.82. The van der Waals surface area contributed by atoms with Crippen molar-refractivity contribution in [2.24, 2.45) is 0 Å². The lowest BCUT2D eigenvalue weighted by Gasteiger charge is -2.05. The highest BCUT2D eigenvalue weighted by molar-refractivity contribution is 6.33. The van der Waals surface area contributed by atoms with Crippen molar-refractivity contribution in [2.45, 2.75) is 6.92 Å². The van der Waals surface area contributed by atoms with Crippen LogP contribution in [0.3, 0.4) is 0 Å². The highest BCUT2D eigenvalue weighted by Gasteiger charge is 2.15. The van der Waals surface area contributed by atoms with Gasteiger partial charge in [0, 0.05) is 26.9 Å². The molecule has 0 aliphatic rings. The number of hydrogen-bond donors (Lipinski definition) is 1. The first-order valence-electron chi connectivity index (χ1n) is 9.07. The fourth-order valence-electron chi connectivity index (χ4n) is 3.90. The van der Waals surface area contributed by atoms with Gasteiger partial charge in [-0.1, -0.05) is 72.3 Å². The van der Waals surface area contributed by atoms with Crippen LogP contribution in [0.5, 0.6) is 0 Å². The average molecular weight is 368 g/mol. The Morgan fingerprint density at radius 3 is 1.74 bits per heavy atom. The average Bonchev–Trinajstić information content (AvgIpc) is 3.06. The maximum atomic E-state index is 6.51. The van der Waals surface area contributed by atoms with Crippen molar-refractivity contribution in [3.05, 3.63) is 95.5 Å². The Hall–Kier alpha value is -3.03. The Morgan fingerprint density at radius 1 is 0.630 bits per heavy atom. The van der Waals surface area contributed by atoms with E-state index in [-0.39, 0.29) is 0 Å². The van der Waals surface area contributed by atoms with E-state index in [2.05, 4.69) is 84.7 Å². The third kappa shape index (κ3) is 2.72. The molecule has 0 atom stereocenters. The molecule has 0 fully saturated rings. The van der Waals surface area contributed by atoms with E-state index in [4.69, 9.17) is 11.6 Å². The summed E-state index contributed by atoms with van der Waals surface area (Å²) in [5.41, 5.74) is 8.25. The summed E-state index contributed by atoms with van der Waals surface area (Å²) in [7, 11) is 0. The lowest BCUT2D eigenvalue weighted by atomic mass is 9.98. The quantitative estimate of drug-likeness (QED) is 0.330. The van der Waals surface area contributed by atoms with Crippen LogP contribution >= 0.6 is 11.6 Å². The summed E-state index contributed by atoms with van der Waals surface area (Å²) in [6.07, 6.45) is 0. The monoisotopic (exact) mass is 367 g/mol. The summed E-state index contributed by atoms with van der Waals surface area (Å²) in [6.45, 7) is 2.15. The van der Waals surface area contributed by atoms with Crippen LogP contribution in [0.2, 0.25) is 5.02 Å². The summed E-state index contributed by atoms with van der Waals surface area (Å²) in [5.74, 6) is 0. The van der Waals surface area contributed by atoms with E-state index in [1.165, 1.54) is 22.1 Å². The molecular formula is C25H18ClN. The molecule has 130 valence electrons. The SMILES string of the molecule is Cc1cc(-c2ccccc2)c2[nH]c3c(-c4ccccc4)cc(Cl)cc3c2c1. The van der Waals surface area contributed by atoms with Gasteiger partial charge in [-0.3, -0.25) is 0 Å². The van der Waals surface area contributed by atoms with E-state index in [9.17, 15) is 0 Å². The largest absolute Gasteiger partial charge is 0.353 e. The molecule has 0 saturated carbocycles. The minimum absolute atomic E-state index is 0.755. The van der Waals surface area contributed by atoms with Crippen molar-refractivity contribution in [1.29, 1.82) is 0 Å². The van der Waals surface area contributed by atoms with Crippen LogP contribution < -0.4 is 0 Å². The fraction of sp³-hybridized carbons (Fsp3) is 0.0400. The van der Waals surface area contributed by atoms with Crippen LogP contribution in [0, 0.1) is 6.92 Å². The number of benzene rings is 4. The van der Waals surface area contributed by atoms with Gasteiger partial charge in [-0.2, -0.15) is 0 Å². The van der Waals surface area contributed by atoms with Crippen LogP contribution in [0.25, 0.3) is 44.1 Å². The number of H-pyrrole nitrogens is 1. The molecule has 1 nitrogen and oxygen atoms in total. The maximum Gasteiger partial charge on any atom is 0.0545 e. The molecular weight excluding hydrogens is 350 g/mol. The molecule has 1 N–H and O–H groups in total. The number of aryl methyl sites for hydroxylation is 1. The zero-order valence-electron chi connectivity index (χ0n) is 15.0. The van der Waals surface area contributed by atoms with Gasteiger partial charge in [-0.05, 0) is 47.9 Å². The summed E-state index contributed by atoms with van der Waals surface area (Å²) in [4.78, 5) is 3.71. The third-order valence-electron chi connectivity index (χ3n) is 5.10. The van der Waals surface area contributed by atoms with E-state index < -0.39 is 0 Å². The Bertz CT molecular complexity index is 1170. The van der Waals surface area contributed by atoms with E-state index in [0.717, 1.165) is 32.6 Å². The topological polar surface area (TPSA) is 15.8 Å². The second-order valence-electron chi connectivity index (χ2n) is 6.97. The first kappa shape index (κ1) is 16.2. The number of aromatic amines is 1. The van der Waals surface area contributed by atoms with Gasteiger partial charge in [-0.25, -0.2) is 0 Å². The van der Waals surface area contributed by atoms with Gasteiger partial charge in [0.25, 0.3) is 0 Å². The highest BCUT2D eigenvalue weighted by Crippen LogP contribution is 2.39. The van der Waals surface area contributed by atoms with Gasteiger partial charge in [0.2, 0.25) is 0 Å². The van der Waals surface area contributed by atoms with Crippen molar-refractivity contribution in [3.8, 4) is 22.3 Å². The van der Waals surface area contributed by atoms with Gasteiger partial charge >= 0.3 is 0 Å². The standard InChI is InChI=1S/C25H18ClN/c1-16-12-20(17-8-4-2-5-9-17)24-22(13-16)23-15-19(26)14-21(25(23)27-24)18-10-6-3-7-11-18/h2-15,27H,1H3. The fourth-order valence-corrected chi connectivity index (χ4v) is 4.12. The van der Waals surface area contributed by atoms with E-state index in [0.29, 0.717) is 0 Å². The number of fused-ring (bicyclic) bond motifs is 3. The predicted molar refractivity (Wildman–Crippen MR) is 116 cm³/mol. The van der Waals surface area contributed by atoms with Crippen molar-refractivity contribution < 1.29 is 0 Å². The Labute approximate surface area is 163 Å². The lowest BCUT2D eigenvalue weighted by molar-refractivity contribution is 1.47. The van der Waals surface area contributed by atoms with Crippen molar-refractivity contribution >= 4 is 33.4 Å². The summed E-state index contributed by atoms with van der Waals surface area (Å²) >= 11 is 6.51. The van der Waals surface area contributed by atoms with E-state index in [1.54, 1.807) is 0 Å². The van der Waals surface area contributed by atoms with Crippen molar-refractivity contribution in [3.63, 3.8) is 0 Å². The summed E-state index contributed by atoms with van der Waals surface area (Å²) in [6, 6.07) is 29.5. The van der Waals surface area contributed by atoms with Crippen LogP contribution in [0.15, 0.2) is 84.9 Å². The predicted octanol–water partition coefficient (Wildman–Crippen LogP) is 7.62. The van der Waals surface area contributed by atoms with Gasteiger partial charge in [0.05, 0.1) is 11.0 Å². The summed E-state index contributed by atoms with van der Waals surface area (Å²) < 4.78 is 0. The second kappa shape index (κ2) is 6.29. The molecule has 0 saturated heterocycles. The first-order valence-corrected chi connectivity index (χ1v) is 9.45. The zero-order chi connectivity index (χ0) is 18.4. The molecule has 0 bridgehead atoms. The van der Waals surface area contributed by atoms with Crippen LogP contribution in [0.4, 0.5) is 0 Å². The second-order valence-corrected chi connectivity index (χ2v) is 7.40. The molecule has 2 heteroatoms. The number of rotatable bonds is 2. The van der Waals surface area contributed by atoms with Gasteiger partial charge in [0.1, 0.15) is 0 Å². The molecule has 0 radical (unpaired) electrons. The Morgan fingerprint density at radius 2 is 1.15 bits per heavy atom. The number of hydrogen-bond acceptors (Lipinski definition) is 0. The third-order valence-corrected chi connectivity index (χ3v) is 5.31. The molecule has 0 unspecified atom stereocenters. The summed E-state index contributed by atoms with van der Waals surface area (Å²) in [5, 5.41) is 3.13. The Balaban J connectivity index is 1.91. The van der Waals surface area contributed by atoms with Crippen molar-refractivity contribution in [1.82, 2.24) is 4.98 Å². The molecule has 1 heterocycles. The Kier molecular flexibility index (Phi) is 3.77. The van der Waals surface area contributed by atoms with E-state index >= 15 is 0 Å². The smallest absolute Gasteiger partial charge is 0.0545 e. The molecule has 0 spiro atoms. The molecule has 0 aliphatic carbocycles. The number of aromatic nitrogens is 1. The van der Waals surface area contributed by atoms with Gasteiger partial charge in [0.15, 0.2) is 0 Å². The molecule has 0 aliphatic heterocycles. The maximum absolute atomic E-state index is 6.51. The molecule has 5 aromatic rings. The molecule has 1 aromatic heterocycles. The van der Waals surface area contributed by atoms with Gasteiger partial charge < -0.3 is 4.98 Å². The molecule has 27 heavy (non-hydrogen) atoms. The minimum Gasteiger partial charge on any atom is -0.353 e. The first-order chi connectivity index (χ1) is 13.2. The molecule has 5 rings (SSSR count). The van der Waals surface area contributed by atoms with Crippen LogP contribution in [-0.2, 0) is 0 Å². The van der Waals surface area contributed by atoms with Crippen LogP contribution in [-0.4, -0.2) is 4.98 Å². The van der Waals surface area contributed by atoms with Gasteiger partial charge in [-0.15, -0.1) is 0 Å². The molecule has 0 amide bonds. The molecule has 4 aromatic carbocycles.